The van der Waals surface area contributed by atoms with E-state index in [-0.39, 0.29) is 6.04 Å². The van der Waals surface area contributed by atoms with Gasteiger partial charge in [-0.2, -0.15) is 0 Å². The maximum absolute atomic E-state index is 13.2. The molecule has 0 bridgehead atoms. The van der Waals surface area contributed by atoms with Gasteiger partial charge in [0.2, 0.25) is 0 Å². The van der Waals surface area contributed by atoms with Gasteiger partial charge in [0.25, 0.3) is 0 Å². The van der Waals surface area contributed by atoms with E-state index in [1.165, 1.54) is 6.07 Å². The van der Waals surface area contributed by atoms with Crippen molar-refractivity contribution in [2.24, 2.45) is 5.73 Å². The average Bonchev–Trinajstić information content (AvgIpc) is 2.56. The van der Waals surface area contributed by atoms with Crippen molar-refractivity contribution >= 4 is 11.0 Å². The van der Waals surface area contributed by atoms with Crippen LogP contribution in [-0.4, -0.2) is 15.6 Å². The number of aromatic nitrogens is 2. The summed E-state index contributed by atoms with van der Waals surface area (Å²) in [6.07, 6.45) is 0.822. The molecule has 5 heteroatoms. The summed E-state index contributed by atoms with van der Waals surface area (Å²) in [7, 11) is 0. The van der Waals surface area contributed by atoms with Gasteiger partial charge in [-0.25, -0.2) is 13.8 Å². The van der Waals surface area contributed by atoms with Gasteiger partial charge in [0.15, 0.2) is 11.6 Å². The number of benzene rings is 1. The molecule has 1 atom stereocenters. The average molecular weight is 239 g/mol. The quantitative estimate of drug-likeness (QED) is 0.893. The van der Waals surface area contributed by atoms with Crippen molar-refractivity contribution < 1.29 is 8.78 Å². The third-order valence-corrected chi connectivity index (χ3v) is 2.92. The Kier molecular flexibility index (Phi) is 3.11. The van der Waals surface area contributed by atoms with Crippen molar-refractivity contribution in [3.63, 3.8) is 0 Å². The number of fused-ring (bicyclic) bond motifs is 1. The van der Waals surface area contributed by atoms with Crippen molar-refractivity contribution in [1.29, 1.82) is 0 Å². The Bertz CT molecular complexity index is 548. The van der Waals surface area contributed by atoms with E-state index >= 15 is 0 Å². The van der Waals surface area contributed by atoms with Crippen LogP contribution in [0.1, 0.15) is 19.2 Å². The highest BCUT2D eigenvalue weighted by Gasteiger charge is 2.13. The number of hydrogen-bond donors (Lipinski definition) is 1. The summed E-state index contributed by atoms with van der Waals surface area (Å²) in [4.78, 5) is 4.20. The van der Waals surface area contributed by atoms with Gasteiger partial charge >= 0.3 is 0 Å². The molecule has 0 aliphatic heterocycles. The second-order valence-electron chi connectivity index (χ2n) is 4.19. The Morgan fingerprint density at radius 2 is 2.00 bits per heavy atom. The van der Waals surface area contributed by atoms with Crippen molar-refractivity contribution in [3.8, 4) is 0 Å². The molecule has 0 radical (unpaired) electrons. The zero-order valence-corrected chi connectivity index (χ0v) is 9.87. The fourth-order valence-electron chi connectivity index (χ4n) is 1.83. The Balaban J connectivity index is 2.54. The van der Waals surface area contributed by atoms with Crippen LogP contribution in [0, 0.1) is 18.6 Å². The number of nitrogens with two attached hydrogens (primary N) is 1. The Morgan fingerprint density at radius 3 is 2.65 bits per heavy atom. The summed E-state index contributed by atoms with van der Waals surface area (Å²) in [6.45, 7) is 4.35. The summed E-state index contributed by atoms with van der Waals surface area (Å²) in [5.41, 5.74) is 6.93. The molecular weight excluding hydrogens is 224 g/mol. The lowest BCUT2D eigenvalue weighted by atomic mass is 10.2. The zero-order valence-electron chi connectivity index (χ0n) is 9.87. The number of aryl methyl sites for hydroxylation is 1. The second-order valence-corrected chi connectivity index (χ2v) is 4.19. The van der Waals surface area contributed by atoms with E-state index in [0.29, 0.717) is 23.4 Å². The summed E-state index contributed by atoms with van der Waals surface area (Å²) >= 11 is 0. The molecule has 1 heterocycles. The van der Waals surface area contributed by atoms with Crippen LogP contribution in [0.3, 0.4) is 0 Å². The first-order chi connectivity index (χ1) is 8.02. The van der Waals surface area contributed by atoms with E-state index in [9.17, 15) is 8.78 Å². The molecular formula is C12H15F2N3. The molecule has 1 aromatic heterocycles. The normalized spacial score (nSPS) is 13.2. The molecule has 0 spiro atoms. The van der Waals surface area contributed by atoms with Gasteiger partial charge in [-0.05, 0) is 13.3 Å². The van der Waals surface area contributed by atoms with Gasteiger partial charge in [0.1, 0.15) is 5.82 Å². The molecule has 0 saturated heterocycles. The molecule has 0 saturated carbocycles. The first kappa shape index (κ1) is 12.0. The predicted octanol–water partition coefficient (Wildman–Crippen LogP) is 2.36. The van der Waals surface area contributed by atoms with E-state index in [4.69, 9.17) is 5.73 Å². The van der Waals surface area contributed by atoms with Crippen LogP contribution in [0.5, 0.6) is 0 Å². The lowest BCUT2D eigenvalue weighted by Crippen LogP contribution is -2.25. The predicted molar refractivity (Wildman–Crippen MR) is 62.7 cm³/mol. The van der Waals surface area contributed by atoms with Crippen LogP contribution in [0.2, 0.25) is 0 Å². The molecule has 0 fully saturated rings. The molecule has 92 valence electrons. The van der Waals surface area contributed by atoms with Crippen molar-refractivity contribution in [3.05, 3.63) is 29.6 Å². The van der Waals surface area contributed by atoms with Crippen molar-refractivity contribution in [1.82, 2.24) is 9.55 Å². The Labute approximate surface area is 98.2 Å². The van der Waals surface area contributed by atoms with Gasteiger partial charge in [0, 0.05) is 24.7 Å². The summed E-state index contributed by atoms with van der Waals surface area (Å²) < 4.78 is 28.1. The smallest absolute Gasteiger partial charge is 0.161 e. The van der Waals surface area contributed by atoms with Crippen molar-refractivity contribution in [2.45, 2.75) is 32.9 Å². The fraction of sp³-hybridized carbons (Fsp3) is 0.417. The number of imidazole rings is 1. The lowest BCUT2D eigenvalue weighted by Gasteiger charge is -2.12. The molecule has 0 aliphatic carbocycles. The minimum absolute atomic E-state index is 0.0146. The van der Waals surface area contributed by atoms with Crippen LogP contribution < -0.4 is 5.73 Å². The molecule has 2 aromatic rings. The van der Waals surface area contributed by atoms with E-state index in [1.807, 2.05) is 11.5 Å². The van der Waals surface area contributed by atoms with Gasteiger partial charge in [-0.3, -0.25) is 0 Å². The van der Waals surface area contributed by atoms with Gasteiger partial charge in [-0.15, -0.1) is 0 Å². The van der Waals surface area contributed by atoms with Gasteiger partial charge < -0.3 is 10.3 Å². The maximum atomic E-state index is 13.2. The topological polar surface area (TPSA) is 43.8 Å². The van der Waals surface area contributed by atoms with Crippen LogP contribution in [0.4, 0.5) is 8.78 Å². The van der Waals surface area contributed by atoms with Crippen LogP contribution in [-0.2, 0) is 6.54 Å². The highest BCUT2D eigenvalue weighted by atomic mass is 19.2. The minimum Gasteiger partial charge on any atom is -0.327 e. The fourth-order valence-corrected chi connectivity index (χ4v) is 1.83. The molecule has 1 aromatic carbocycles. The zero-order chi connectivity index (χ0) is 12.6. The first-order valence-corrected chi connectivity index (χ1v) is 5.60. The molecule has 2 rings (SSSR count). The number of halogens is 2. The lowest BCUT2D eigenvalue weighted by molar-refractivity contribution is 0.508. The van der Waals surface area contributed by atoms with Crippen molar-refractivity contribution in [2.75, 3.05) is 0 Å². The Morgan fingerprint density at radius 1 is 1.35 bits per heavy atom. The molecule has 2 N–H and O–H groups in total. The molecule has 17 heavy (non-hydrogen) atoms. The number of hydrogen-bond acceptors (Lipinski definition) is 2. The third-order valence-electron chi connectivity index (χ3n) is 2.92. The molecule has 1 unspecified atom stereocenters. The van der Waals surface area contributed by atoms with Crippen LogP contribution in [0.15, 0.2) is 12.1 Å². The molecule has 0 aliphatic rings. The maximum Gasteiger partial charge on any atom is 0.161 e. The van der Waals surface area contributed by atoms with Gasteiger partial charge in [-0.1, -0.05) is 6.92 Å². The van der Waals surface area contributed by atoms with Gasteiger partial charge in [0.05, 0.1) is 11.0 Å². The van der Waals surface area contributed by atoms with Crippen LogP contribution in [0.25, 0.3) is 11.0 Å². The first-order valence-electron chi connectivity index (χ1n) is 5.60. The highest BCUT2D eigenvalue weighted by Crippen LogP contribution is 2.20. The summed E-state index contributed by atoms with van der Waals surface area (Å²) in [5, 5.41) is 0. The number of rotatable bonds is 3. The summed E-state index contributed by atoms with van der Waals surface area (Å²) in [6, 6.07) is 2.28. The monoisotopic (exact) mass is 239 g/mol. The van der Waals surface area contributed by atoms with Crippen LogP contribution >= 0.6 is 0 Å². The minimum atomic E-state index is -0.873. The SMILES string of the molecule is CCC(N)Cn1c(C)nc2cc(F)c(F)cc21. The Hall–Kier alpha value is -1.49. The standard InChI is InChI=1S/C12H15F2N3/c1-3-8(15)6-17-7(2)16-11-4-9(13)10(14)5-12(11)17/h4-5,8H,3,6,15H2,1-2H3. The second kappa shape index (κ2) is 4.41. The van der Waals surface area contributed by atoms with E-state index in [2.05, 4.69) is 4.98 Å². The summed E-state index contributed by atoms with van der Waals surface area (Å²) in [5.74, 6) is -1.01. The third kappa shape index (κ3) is 2.15. The number of nitrogens with zero attached hydrogens (tertiary/aromatic N) is 2. The molecule has 0 amide bonds. The molecule has 3 nitrogen and oxygen atoms in total. The van der Waals surface area contributed by atoms with E-state index in [1.54, 1.807) is 6.92 Å². The largest absolute Gasteiger partial charge is 0.327 e. The van der Waals surface area contributed by atoms with E-state index in [0.717, 1.165) is 12.5 Å². The van der Waals surface area contributed by atoms with E-state index < -0.39 is 11.6 Å². The highest BCUT2D eigenvalue weighted by molar-refractivity contribution is 5.76.